The summed E-state index contributed by atoms with van der Waals surface area (Å²) >= 11 is 0. The van der Waals surface area contributed by atoms with E-state index < -0.39 is 5.09 Å². The Morgan fingerprint density at radius 1 is 1.46 bits per heavy atom. The zero-order valence-corrected chi connectivity index (χ0v) is 7.05. The van der Waals surface area contributed by atoms with Gasteiger partial charge >= 0.3 is 0 Å². The summed E-state index contributed by atoms with van der Waals surface area (Å²) < 4.78 is 0. The van der Waals surface area contributed by atoms with Crippen molar-refractivity contribution in [3.05, 3.63) is 40.2 Å². The minimum absolute atomic E-state index is 0.148. The smallest absolute Gasteiger partial charge is 0.294 e. The first kappa shape index (κ1) is 9.44. The Bertz CT molecular complexity index is 263. The maximum Gasteiger partial charge on any atom is 0.294 e. The second kappa shape index (κ2) is 5.08. The molecule has 0 amide bonds. The van der Waals surface area contributed by atoms with Gasteiger partial charge in [-0.2, -0.15) is 0 Å². The minimum atomic E-state index is -0.771. The van der Waals surface area contributed by atoms with E-state index in [-0.39, 0.29) is 6.61 Å². The molecule has 1 rings (SSSR count). The van der Waals surface area contributed by atoms with E-state index >= 15 is 0 Å². The van der Waals surface area contributed by atoms with Gasteiger partial charge in [-0.15, -0.1) is 10.1 Å². The molecule has 0 bridgehead atoms. The molecule has 0 unspecified atom stereocenters. The van der Waals surface area contributed by atoms with Crippen molar-refractivity contribution in [3.8, 4) is 0 Å². The average molecular weight is 182 g/mol. The monoisotopic (exact) mass is 182 g/mol. The van der Waals surface area contributed by atoms with E-state index in [9.17, 15) is 10.1 Å². The van der Waals surface area contributed by atoms with Crippen molar-refractivity contribution >= 4 is 0 Å². The highest BCUT2D eigenvalue weighted by Crippen LogP contribution is 2.00. The first-order valence-electron chi connectivity index (χ1n) is 3.95. The van der Waals surface area contributed by atoms with Crippen LogP contribution in [0.5, 0.6) is 0 Å². The number of nitrogens with zero attached hydrogens (tertiary/aromatic N) is 2. The molecule has 5 heteroatoms. The van der Waals surface area contributed by atoms with Crippen LogP contribution in [0.1, 0.15) is 12.0 Å². The molecule has 0 radical (unpaired) electrons. The molecule has 5 nitrogen and oxygen atoms in total. The Labute approximate surface area is 75.5 Å². The van der Waals surface area contributed by atoms with Crippen LogP contribution in [-0.2, 0) is 11.3 Å². The van der Waals surface area contributed by atoms with Crippen molar-refractivity contribution in [2.45, 2.75) is 12.8 Å². The lowest BCUT2D eigenvalue weighted by molar-refractivity contribution is -0.757. The fourth-order valence-electron chi connectivity index (χ4n) is 0.965. The molecule has 1 aromatic rings. The summed E-state index contributed by atoms with van der Waals surface area (Å²) in [5.74, 6) is 0. The lowest BCUT2D eigenvalue weighted by atomic mass is 10.1. The summed E-state index contributed by atoms with van der Waals surface area (Å²) in [4.78, 5) is 17.8. The molecule has 0 atom stereocenters. The third-order valence-corrected chi connectivity index (χ3v) is 1.56. The van der Waals surface area contributed by atoms with Gasteiger partial charge in [-0.05, 0) is 30.5 Å². The van der Waals surface area contributed by atoms with Crippen LogP contribution in [0.2, 0.25) is 0 Å². The molecule has 0 spiro atoms. The van der Waals surface area contributed by atoms with E-state index in [0.29, 0.717) is 6.42 Å². The number of aryl methyl sites for hydroxylation is 1. The number of pyridine rings is 1. The summed E-state index contributed by atoms with van der Waals surface area (Å²) in [7, 11) is 0. The van der Waals surface area contributed by atoms with E-state index in [0.717, 1.165) is 12.0 Å². The molecule has 0 aliphatic heterocycles. The standard InChI is InChI=1S/C8H10N2O3/c11-10(12)13-7-1-2-8-3-5-9-6-4-8/h3-6H,1-2,7H2. The minimum Gasteiger partial charge on any atom is -0.314 e. The molecule has 1 aromatic heterocycles. The second-order valence-corrected chi connectivity index (χ2v) is 2.52. The van der Waals surface area contributed by atoms with Gasteiger partial charge in [-0.3, -0.25) is 4.98 Å². The van der Waals surface area contributed by atoms with Crippen LogP contribution in [0.15, 0.2) is 24.5 Å². The van der Waals surface area contributed by atoms with Crippen molar-refractivity contribution in [1.82, 2.24) is 4.98 Å². The average Bonchev–Trinajstić information content (AvgIpc) is 2.14. The normalized spacial score (nSPS) is 9.54. The van der Waals surface area contributed by atoms with E-state index in [4.69, 9.17) is 0 Å². The van der Waals surface area contributed by atoms with Crippen molar-refractivity contribution in [2.75, 3.05) is 6.61 Å². The molecule has 13 heavy (non-hydrogen) atoms. The van der Waals surface area contributed by atoms with Crippen LogP contribution in [0.4, 0.5) is 0 Å². The van der Waals surface area contributed by atoms with E-state index in [2.05, 4.69) is 9.82 Å². The zero-order valence-electron chi connectivity index (χ0n) is 7.05. The van der Waals surface area contributed by atoms with Crippen LogP contribution in [0, 0.1) is 10.1 Å². The van der Waals surface area contributed by atoms with Gasteiger partial charge < -0.3 is 4.84 Å². The predicted octanol–water partition coefficient (Wildman–Crippen LogP) is 1.22. The Kier molecular flexibility index (Phi) is 3.69. The largest absolute Gasteiger partial charge is 0.314 e. The van der Waals surface area contributed by atoms with E-state index in [1.807, 2.05) is 12.1 Å². The summed E-state index contributed by atoms with van der Waals surface area (Å²) in [5, 5.41) is 9.01. The van der Waals surface area contributed by atoms with Crippen LogP contribution in [0.3, 0.4) is 0 Å². The van der Waals surface area contributed by atoms with Gasteiger partial charge in [0.15, 0.2) is 0 Å². The molecule has 0 saturated heterocycles. The van der Waals surface area contributed by atoms with Crippen molar-refractivity contribution in [3.63, 3.8) is 0 Å². The van der Waals surface area contributed by atoms with Crippen molar-refractivity contribution < 1.29 is 9.92 Å². The summed E-state index contributed by atoms with van der Waals surface area (Å²) in [6.45, 7) is 0.148. The van der Waals surface area contributed by atoms with Gasteiger partial charge in [-0.1, -0.05) is 0 Å². The van der Waals surface area contributed by atoms with Crippen molar-refractivity contribution in [1.29, 1.82) is 0 Å². The molecule has 0 saturated carbocycles. The Morgan fingerprint density at radius 2 is 2.15 bits per heavy atom. The molecule has 0 aliphatic carbocycles. The van der Waals surface area contributed by atoms with Gasteiger partial charge in [-0.25, -0.2) is 0 Å². The first-order valence-corrected chi connectivity index (χ1v) is 3.95. The molecule has 1 heterocycles. The van der Waals surface area contributed by atoms with Gasteiger partial charge in [0.25, 0.3) is 5.09 Å². The molecular formula is C8H10N2O3. The van der Waals surface area contributed by atoms with Crippen LogP contribution in [-0.4, -0.2) is 16.7 Å². The lowest BCUT2D eigenvalue weighted by Gasteiger charge is -1.99. The molecule has 0 N–H and O–H groups in total. The topological polar surface area (TPSA) is 65.3 Å². The first-order chi connectivity index (χ1) is 6.29. The number of aromatic nitrogens is 1. The van der Waals surface area contributed by atoms with E-state index in [1.54, 1.807) is 12.4 Å². The molecular weight excluding hydrogens is 172 g/mol. The van der Waals surface area contributed by atoms with Crippen LogP contribution in [0.25, 0.3) is 0 Å². The summed E-state index contributed by atoms with van der Waals surface area (Å²) in [5.41, 5.74) is 1.11. The Balaban J connectivity index is 2.17. The van der Waals surface area contributed by atoms with Crippen LogP contribution >= 0.6 is 0 Å². The van der Waals surface area contributed by atoms with Gasteiger partial charge in [0.2, 0.25) is 0 Å². The second-order valence-electron chi connectivity index (χ2n) is 2.52. The molecule has 0 fully saturated rings. The fourth-order valence-corrected chi connectivity index (χ4v) is 0.965. The summed E-state index contributed by atoms with van der Waals surface area (Å²) in [6, 6.07) is 3.76. The van der Waals surface area contributed by atoms with Gasteiger partial charge in [0.1, 0.15) is 0 Å². The van der Waals surface area contributed by atoms with E-state index in [1.165, 1.54) is 0 Å². The molecule has 0 aliphatic rings. The SMILES string of the molecule is O=[N+]([O-])OCCCc1ccncc1. The number of rotatable bonds is 5. The van der Waals surface area contributed by atoms with Crippen LogP contribution < -0.4 is 0 Å². The molecule has 70 valence electrons. The summed E-state index contributed by atoms with van der Waals surface area (Å²) in [6.07, 6.45) is 4.81. The zero-order chi connectivity index (χ0) is 9.52. The highest BCUT2D eigenvalue weighted by atomic mass is 16.9. The lowest BCUT2D eigenvalue weighted by Crippen LogP contribution is -2.03. The predicted molar refractivity (Wildman–Crippen MR) is 45.5 cm³/mol. The number of hydrogen-bond acceptors (Lipinski definition) is 4. The Morgan fingerprint density at radius 3 is 2.77 bits per heavy atom. The third kappa shape index (κ3) is 4.05. The highest BCUT2D eigenvalue weighted by Gasteiger charge is 1.95. The quantitative estimate of drug-likeness (QED) is 0.390. The highest BCUT2D eigenvalue weighted by molar-refractivity contribution is 5.09. The Hall–Kier alpha value is -1.65. The molecule has 0 aromatic carbocycles. The van der Waals surface area contributed by atoms with Crippen molar-refractivity contribution in [2.24, 2.45) is 0 Å². The maximum absolute atomic E-state index is 9.78. The van der Waals surface area contributed by atoms with Gasteiger partial charge in [0.05, 0.1) is 6.61 Å². The van der Waals surface area contributed by atoms with Gasteiger partial charge in [0, 0.05) is 12.4 Å². The fraction of sp³-hybridized carbons (Fsp3) is 0.375. The third-order valence-electron chi connectivity index (χ3n) is 1.56. The number of hydrogen-bond donors (Lipinski definition) is 0. The maximum atomic E-state index is 9.78.